The van der Waals surface area contributed by atoms with Crippen molar-refractivity contribution in [1.29, 1.82) is 0 Å². The minimum absolute atomic E-state index is 1.19. The summed E-state index contributed by atoms with van der Waals surface area (Å²) >= 11 is -1.75. The van der Waals surface area contributed by atoms with Crippen LogP contribution in [0.15, 0.2) is 73.6 Å². The first-order chi connectivity index (χ1) is 14.6. The van der Waals surface area contributed by atoms with Crippen molar-refractivity contribution in [3.8, 4) is 0 Å². The first kappa shape index (κ1) is 29.3. The summed E-state index contributed by atoms with van der Waals surface area (Å²) in [6.07, 6.45) is 10.7. The Bertz CT molecular complexity index is 673. The summed E-state index contributed by atoms with van der Waals surface area (Å²) in [6, 6.07) is 11.8. The van der Waals surface area contributed by atoms with Crippen molar-refractivity contribution in [2.75, 3.05) is 57.0 Å². The molecule has 0 atom stereocenters. The molecule has 31 heavy (non-hydrogen) atoms. The summed E-state index contributed by atoms with van der Waals surface area (Å²) in [4.78, 5) is 17.8. The van der Waals surface area contributed by atoms with E-state index >= 15 is 0 Å². The molecule has 10 heteroatoms. The molecular weight excluding hydrogens is 544 g/mol. The van der Waals surface area contributed by atoms with Crippen molar-refractivity contribution in [3.63, 3.8) is 0 Å². The van der Waals surface area contributed by atoms with E-state index in [-0.39, 0.29) is 0 Å². The molecular formula is C21H30Cl3N6Ru. The first-order valence-electron chi connectivity index (χ1n) is 9.04. The van der Waals surface area contributed by atoms with Gasteiger partial charge < -0.3 is 14.7 Å². The van der Waals surface area contributed by atoms with E-state index < -0.39 is 13.0 Å². The Morgan fingerprint density at radius 2 is 0.645 bits per heavy atom. The zero-order valence-electron chi connectivity index (χ0n) is 18.6. The predicted octanol–water partition coefficient (Wildman–Crippen LogP) is 5.51. The van der Waals surface area contributed by atoms with Crippen LogP contribution >= 0.6 is 29.1 Å². The van der Waals surface area contributed by atoms with Crippen LogP contribution in [-0.4, -0.2) is 57.2 Å². The summed E-state index contributed by atoms with van der Waals surface area (Å²) < 4.78 is 0. The number of hydrogen-bond donors (Lipinski definition) is 0. The number of halogens is 3. The van der Waals surface area contributed by atoms with E-state index in [4.69, 9.17) is 29.1 Å². The van der Waals surface area contributed by atoms with E-state index in [1.54, 1.807) is 37.2 Å². The minimum atomic E-state index is -1.75. The van der Waals surface area contributed by atoms with E-state index in [0.29, 0.717) is 0 Å². The molecule has 3 aromatic heterocycles. The second kappa shape index (κ2) is 18.0. The van der Waals surface area contributed by atoms with E-state index in [9.17, 15) is 0 Å². The SMILES string of the molecule is CN(C)c1ccncc1.CN(C)c1ccncc1.CN(C)c1ccncc1.[Cl][Ru]([Cl])[Cl]. The van der Waals surface area contributed by atoms with Gasteiger partial charge in [0.15, 0.2) is 0 Å². The number of hydrogen-bond acceptors (Lipinski definition) is 6. The van der Waals surface area contributed by atoms with Gasteiger partial charge in [-0.25, -0.2) is 0 Å². The Hall–Kier alpha value is -1.66. The quantitative estimate of drug-likeness (QED) is 0.385. The monoisotopic (exact) mass is 573 g/mol. The molecule has 3 rings (SSSR count). The molecule has 3 aromatic rings. The maximum absolute atomic E-state index is 4.95. The van der Waals surface area contributed by atoms with Gasteiger partial charge in [-0.1, -0.05) is 0 Å². The summed E-state index contributed by atoms with van der Waals surface area (Å²) in [6.45, 7) is 0. The Kier molecular flexibility index (Phi) is 17.0. The third kappa shape index (κ3) is 16.7. The van der Waals surface area contributed by atoms with Crippen LogP contribution < -0.4 is 14.7 Å². The van der Waals surface area contributed by atoms with Crippen LogP contribution in [0.1, 0.15) is 0 Å². The van der Waals surface area contributed by atoms with Gasteiger partial charge in [0.2, 0.25) is 0 Å². The molecule has 0 spiro atoms. The zero-order chi connectivity index (χ0) is 23.6. The maximum atomic E-state index is 4.95. The van der Waals surface area contributed by atoms with Crippen molar-refractivity contribution in [3.05, 3.63) is 73.6 Å². The van der Waals surface area contributed by atoms with Crippen molar-refractivity contribution < 1.29 is 13.0 Å². The molecule has 0 unspecified atom stereocenters. The molecule has 0 saturated heterocycles. The van der Waals surface area contributed by atoms with Gasteiger partial charge in [-0.05, 0) is 36.4 Å². The summed E-state index contributed by atoms with van der Waals surface area (Å²) in [7, 11) is 26.9. The zero-order valence-corrected chi connectivity index (χ0v) is 22.6. The third-order valence-electron chi connectivity index (χ3n) is 3.54. The van der Waals surface area contributed by atoms with Gasteiger partial charge in [-0.2, -0.15) is 0 Å². The first-order valence-corrected chi connectivity index (χ1v) is 15.8. The van der Waals surface area contributed by atoms with E-state index in [1.165, 1.54) is 17.1 Å². The molecule has 0 bridgehead atoms. The molecule has 0 aliphatic carbocycles. The van der Waals surface area contributed by atoms with Crippen molar-refractivity contribution in [2.45, 2.75) is 0 Å². The van der Waals surface area contributed by atoms with Crippen LogP contribution in [0.3, 0.4) is 0 Å². The van der Waals surface area contributed by atoms with Gasteiger partial charge in [-0.3, -0.25) is 15.0 Å². The van der Waals surface area contributed by atoms with Gasteiger partial charge in [0.25, 0.3) is 0 Å². The molecule has 0 aromatic carbocycles. The molecule has 0 radical (unpaired) electrons. The summed E-state index contributed by atoms with van der Waals surface area (Å²) in [5, 5.41) is 0. The molecule has 0 N–H and O–H groups in total. The average Bonchev–Trinajstić information content (AvgIpc) is 2.76. The molecule has 3 heterocycles. The molecule has 0 fully saturated rings. The van der Waals surface area contributed by atoms with Crippen molar-refractivity contribution in [2.24, 2.45) is 0 Å². The fourth-order valence-corrected chi connectivity index (χ4v) is 1.93. The Labute approximate surface area is 203 Å². The number of aromatic nitrogens is 3. The number of anilines is 3. The van der Waals surface area contributed by atoms with Crippen LogP contribution in [0.25, 0.3) is 0 Å². The standard InChI is InChI=1S/3C7H10N2.3ClH.Ru/c3*1-9(2)7-3-5-8-6-4-7;;;;/h3*3-6H,1-2H3;3*1H;/q;;;;;;+3/p-3. The molecule has 0 aliphatic rings. The fourth-order valence-electron chi connectivity index (χ4n) is 1.93. The second-order valence-electron chi connectivity index (χ2n) is 6.45. The normalized spacial score (nSPS) is 9.39. The van der Waals surface area contributed by atoms with Gasteiger partial charge in [0.05, 0.1) is 0 Å². The Morgan fingerprint density at radius 1 is 0.484 bits per heavy atom. The topological polar surface area (TPSA) is 48.4 Å². The van der Waals surface area contributed by atoms with Crippen LogP contribution in [0.2, 0.25) is 0 Å². The van der Waals surface area contributed by atoms with E-state index in [0.717, 1.165) is 0 Å². The molecule has 0 saturated carbocycles. The average molecular weight is 574 g/mol. The number of pyridine rings is 3. The van der Waals surface area contributed by atoms with Crippen LogP contribution in [0.4, 0.5) is 17.1 Å². The third-order valence-corrected chi connectivity index (χ3v) is 3.54. The van der Waals surface area contributed by atoms with Crippen LogP contribution in [0.5, 0.6) is 0 Å². The predicted molar refractivity (Wildman–Crippen MR) is 133 cm³/mol. The van der Waals surface area contributed by atoms with Crippen molar-refractivity contribution >= 4 is 46.1 Å². The van der Waals surface area contributed by atoms with Crippen molar-refractivity contribution in [1.82, 2.24) is 15.0 Å². The Balaban J connectivity index is 0.000000402. The fraction of sp³-hybridized carbons (Fsp3) is 0.286. The Morgan fingerprint density at radius 3 is 0.742 bits per heavy atom. The van der Waals surface area contributed by atoms with E-state index in [1.807, 2.05) is 93.4 Å². The van der Waals surface area contributed by atoms with E-state index in [2.05, 4.69) is 15.0 Å². The second-order valence-corrected chi connectivity index (χ2v) is 14.4. The molecule has 0 aliphatic heterocycles. The van der Waals surface area contributed by atoms with Gasteiger partial charge >= 0.3 is 42.1 Å². The molecule has 0 amide bonds. The molecule has 6 nitrogen and oxygen atoms in total. The number of rotatable bonds is 3. The summed E-state index contributed by atoms with van der Waals surface area (Å²) in [5.74, 6) is 0. The van der Waals surface area contributed by atoms with Gasteiger partial charge in [0.1, 0.15) is 0 Å². The summed E-state index contributed by atoms with van der Waals surface area (Å²) in [5.41, 5.74) is 3.56. The molecule has 173 valence electrons. The number of nitrogens with zero attached hydrogens (tertiary/aromatic N) is 6. The van der Waals surface area contributed by atoms with Gasteiger partial charge in [0, 0.05) is 96.5 Å². The van der Waals surface area contributed by atoms with Gasteiger partial charge in [-0.15, -0.1) is 0 Å². The van der Waals surface area contributed by atoms with Crippen LogP contribution in [0, 0.1) is 0 Å². The van der Waals surface area contributed by atoms with Crippen LogP contribution in [-0.2, 0) is 13.0 Å².